The minimum Gasteiger partial charge on any atom is -0.388 e. The number of hydrogen-bond acceptors (Lipinski definition) is 4. The van der Waals surface area contributed by atoms with Crippen LogP contribution in [0.2, 0.25) is 0 Å². The predicted molar refractivity (Wildman–Crippen MR) is 81.6 cm³/mol. The summed E-state index contributed by atoms with van der Waals surface area (Å²) in [5.74, 6) is -0.374. The summed E-state index contributed by atoms with van der Waals surface area (Å²) in [6.07, 6.45) is 4.43. The number of hydrogen-bond donors (Lipinski definition) is 2. The van der Waals surface area contributed by atoms with Gasteiger partial charge in [-0.05, 0) is 36.8 Å². The molecule has 0 unspecified atom stereocenters. The van der Waals surface area contributed by atoms with E-state index in [1.807, 2.05) is 0 Å². The zero-order valence-corrected chi connectivity index (χ0v) is 12.4. The summed E-state index contributed by atoms with van der Waals surface area (Å²) < 4.78 is 0. The van der Waals surface area contributed by atoms with E-state index in [4.69, 9.17) is 0 Å². The molecule has 1 fully saturated rings. The number of benzene rings is 1. The van der Waals surface area contributed by atoms with E-state index in [1.54, 1.807) is 13.1 Å². The number of nitrogens with one attached hydrogen (secondary N) is 2. The van der Waals surface area contributed by atoms with Crippen molar-refractivity contribution in [1.82, 2.24) is 5.32 Å². The van der Waals surface area contributed by atoms with Gasteiger partial charge in [0.2, 0.25) is 0 Å². The van der Waals surface area contributed by atoms with Gasteiger partial charge in [-0.25, -0.2) is 0 Å². The number of rotatable bonds is 7. The highest BCUT2D eigenvalue weighted by Gasteiger charge is 2.41. The molecule has 1 saturated carbocycles. The van der Waals surface area contributed by atoms with Gasteiger partial charge < -0.3 is 10.6 Å². The molecular formula is C15H21N3O3. The van der Waals surface area contributed by atoms with Gasteiger partial charge in [0.1, 0.15) is 5.56 Å². The Morgan fingerprint density at radius 3 is 2.67 bits per heavy atom. The van der Waals surface area contributed by atoms with Crippen molar-refractivity contribution in [3.63, 3.8) is 0 Å². The summed E-state index contributed by atoms with van der Waals surface area (Å²) in [5.41, 5.74) is 0.853. The van der Waals surface area contributed by atoms with Crippen LogP contribution >= 0.6 is 0 Å². The van der Waals surface area contributed by atoms with Crippen LogP contribution in [0.25, 0.3) is 0 Å². The fourth-order valence-electron chi connectivity index (χ4n) is 2.62. The number of amides is 1. The molecule has 6 nitrogen and oxygen atoms in total. The number of nitro benzene ring substituents is 1. The van der Waals surface area contributed by atoms with Crippen molar-refractivity contribution in [3.05, 3.63) is 33.9 Å². The first-order valence-electron chi connectivity index (χ1n) is 7.26. The molecule has 0 spiro atoms. The molecule has 21 heavy (non-hydrogen) atoms. The van der Waals surface area contributed by atoms with Gasteiger partial charge in [-0.1, -0.05) is 13.3 Å². The van der Waals surface area contributed by atoms with E-state index in [1.165, 1.54) is 12.1 Å². The van der Waals surface area contributed by atoms with E-state index in [2.05, 4.69) is 17.6 Å². The first-order chi connectivity index (χ1) is 10.0. The van der Waals surface area contributed by atoms with E-state index in [0.717, 1.165) is 25.7 Å². The maximum Gasteiger partial charge on any atom is 0.282 e. The maximum absolute atomic E-state index is 12.3. The SMILES string of the molecule is CCCC1(CNC(=O)c2cc(NC)ccc2[N+](=O)[O-])CC1. The molecule has 2 rings (SSSR count). The highest BCUT2D eigenvalue weighted by molar-refractivity contribution is 5.99. The normalized spacial score (nSPS) is 15.3. The molecule has 0 aliphatic heterocycles. The Kier molecular flexibility index (Phi) is 4.45. The average Bonchev–Trinajstić information content (AvgIpc) is 3.24. The van der Waals surface area contributed by atoms with Crippen LogP contribution in [0.15, 0.2) is 18.2 Å². The molecule has 1 aliphatic rings. The second-order valence-corrected chi connectivity index (χ2v) is 5.67. The summed E-state index contributed by atoms with van der Waals surface area (Å²) >= 11 is 0. The molecule has 6 heteroatoms. The molecule has 0 radical (unpaired) electrons. The highest BCUT2D eigenvalue weighted by Crippen LogP contribution is 2.48. The zero-order chi connectivity index (χ0) is 15.5. The van der Waals surface area contributed by atoms with Crippen LogP contribution in [-0.4, -0.2) is 24.4 Å². The molecule has 1 aliphatic carbocycles. The lowest BCUT2D eigenvalue weighted by molar-refractivity contribution is -0.385. The molecule has 0 heterocycles. The van der Waals surface area contributed by atoms with Crippen molar-refractivity contribution in [3.8, 4) is 0 Å². The van der Waals surface area contributed by atoms with Crippen molar-refractivity contribution < 1.29 is 9.72 Å². The van der Waals surface area contributed by atoms with E-state index in [0.29, 0.717) is 12.2 Å². The predicted octanol–water partition coefficient (Wildman–Crippen LogP) is 2.95. The van der Waals surface area contributed by atoms with Gasteiger partial charge in [-0.2, -0.15) is 0 Å². The molecule has 114 valence electrons. The Morgan fingerprint density at radius 2 is 2.14 bits per heavy atom. The first kappa shape index (κ1) is 15.3. The number of nitrogens with zero attached hydrogens (tertiary/aromatic N) is 1. The van der Waals surface area contributed by atoms with Crippen LogP contribution in [0.1, 0.15) is 43.0 Å². The third kappa shape index (κ3) is 3.51. The molecule has 2 N–H and O–H groups in total. The highest BCUT2D eigenvalue weighted by atomic mass is 16.6. The summed E-state index contributed by atoms with van der Waals surface area (Å²) in [4.78, 5) is 22.8. The van der Waals surface area contributed by atoms with Crippen LogP contribution < -0.4 is 10.6 Å². The Hall–Kier alpha value is -2.11. The van der Waals surface area contributed by atoms with Gasteiger partial charge in [-0.3, -0.25) is 14.9 Å². The quantitative estimate of drug-likeness (QED) is 0.597. The second kappa shape index (κ2) is 6.11. The van der Waals surface area contributed by atoms with Gasteiger partial charge >= 0.3 is 0 Å². The van der Waals surface area contributed by atoms with Crippen LogP contribution in [0.5, 0.6) is 0 Å². The lowest BCUT2D eigenvalue weighted by atomic mass is 10.0. The lowest BCUT2D eigenvalue weighted by Crippen LogP contribution is -2.30. The summed E-state index contributed by atoms with van der Waals surface area (Å²) in [5, 5.41) is 16.8. The molecule has 1 aromatic carbocycles. The van der Waals surface area contributed by atoms with Gasteiger partial charge in [0.15, 0.2) is 0 Å². The van der Waals surface area contributed by atoms with Crippen molar-refractivity contribution in [1.29, 1.82) is 0 Å². The summed E-state index contributed by atoms with van der Waals surface area (Å²) in [6.45, 7) is 2.73. The molecule has 0 aromatic heterocycles. The van der Waals surface area contributed by atoms with E-state index in [9.17, 15) is 14.9 Å². The Bertz CT molecular complexity index is 553. The van der Waals surface area contributed by atoms with Crippen molar-refractivity contribution in [2.75, 3.05) is 18.9 Å². The summed E-state index contributed by atoms with van der Waals surface area (Å²) in [7, 11) is 1.71. The van der Waals surface area contributed by atoms with Crippen molar-refractivity contribution >= 4 is 17.3 Å². The monoisotopic (exact) mass is 291 g/mol. The van der Waals surface area contributed by atoms with Crippen LogP contribution in [0.4, 0.5) is 11.4 Å². The fraction of sp³-hybridized carbons (Fsp3) is 0.533. The molecule has 1 aromatic rings. The molecular weight excluding hydrogens is 270 g/mol. The van der Waals surface area contributed by atoms with Gasteiger partial charge in [0.25, 0.3) is 11.6 Å². The van der Waals surface area contributed by atoms with Crippen molar-refractivity contribution in [2.24, 2.45) is 5.41 Å². The standard InChI is InChI=1S/C15H21N3O3/c1-3-6-15(7-8-15)10-17-14(19)12-9-11(16-2)4-5-13(12)18(20)21/h4-5,9,16H,3,6-8,10H2,1-2H3,(H,17,19). The maximum atomic E-state index is 12.3. The minimum absolute atomic E-state index is 0.110. The number of anilines is 1. The van der Waals surface area contributed by atoms with Crippen LogP contribution in [0.3, 0.4) is 0 Å². The second-order valence-electron chi connectivity index (χ2n) is 5.67. The van der Waals surface area contributed by atoms with Crippen LogP contribution in [0, 0.1) is 15.5 Å². The van der Waals surface area contributed by atoms with Gasteiger partial charge in [0.05, 0.1) is 4.92 Å². The molecule has 0 saturated heterocycles. The summed E-state index contributed by atoms with van der Waals surface area (Å²) in [6, 6.07) is 4.47. The molecule has 0 atom stereocenters. The molecule has 0 bridgehead atoms. The van der Waals surface area contributed by atoms with Crippen LogP contribution in [-0.2, 0) is 0 Å². The average molecular weight is 291 g/mol. The van der Waals surface area contributed by atoms with E-state index in [-0.39, 0.29) is 22.6 Å². The third-order valence-corrected chi connectivity index (χ3v) is 4.09. The van der Waals surface area contributed by atoms with Gasteiger partial charge in [0, 0.05) is 25.3 Å². The Morgan fingerprint density at radius 1 is 1.43 bits per heavy atom. The Balaban J connectivity index is 2.12. The smallest absolute Gasteiger partial charge is 0.282 e. The third-order valence-electron chi connectivity index (χ3n) is 4.09. The lowest BCUT2D eigenvalue weighted by Gasteiger charge is -2.15. The zero-order valence-electron chi connectivity index (χ0n) is 12.4. The van der Waals surface area contributed by atoms with Crippen molar-refractivity contribution in [2.45, 2.75) is 32.6 Å². The van der Waals surface area contributed by atoms with Gasteiger partial charge in [-0.15, -0.1) is 0 Å². The van der Waals surface area contributed by atoms with E-state index >= 15 is 0 Å². The largest absolute Gasteiger partial charge is 0.388 e. The number of nitro groups is 1. The number of carbonyl (C=O) groups excluding carboxylic acids is 1. The number of carbonyl (C=O) groups is 1. The Labute approximate surface area is 124 Å². The topological polar surface area (TPSA) is 84.3 Å². The molecule has 1 amide bonds. The van der Waals surface area contributed by atoms with E-state index < -0.39 is 4.92 Å². The first-order valence-corrected chi connectivity index (χ1v) is 7.26. The fourth-order valence-corrected chi connectivity index (χ4v) is 2.62. The minimum atomic E-state index is -0.521.